The van der Waals surface area contributed by atoms with E-state index in [1.807, 2.05) is 13.8 Å². The molecule has 0 aromatic rings. The Bertz CT molecular complexity index is 382. The fraction of sp³-hybridized carbons (Fsp3) is 0.571. The van der Waals surface area contributed by atoms with E-state index in [0.29, 0.717) is 17.1 Å². The predicted molar refractivity (Wildman–Crippen MR) is 65.1 cm³/mol. The highest BCUT2D eigenvalue weighted by Crippen LogP contribution is 2.37. The molecule has 0 unspecified atom stereocenters. The van der Waals surface area contributed by atoms with E-state index in [9.17, 15) is 9.59 Å². The molecular weight excluding hydrogens is 200 g/mol. The van der Waals surface area contributed by atoms with Crippen LogP contribution in [0.2, 0.25) is 0 Å². The van der Waals surface area contributed by atoms with Gasteiger partial charge in [-0.1, -0.05) is 27.7 Å². The molecule has 1 aliphatic rings. The maximum atomic E-state index is 11.9. The van der Waals surface area contributed by atoms with Gasteiger partial charge in [0.2, 0.25) is 0 Å². The summed E-state index contributed by atoms with van der Waals surface area (Å²) in [6.07, 6.45) is 3.67. The van der Waals surface area contributed by atoms with Gasteiger partial charge in [-0.05, 0) is 36.8 Å². The third-order valence-corrected chi connectivity index (χ3v) is 2.97. The first-order chi connectivity index (χ1) is 7.25. The monoisotopic (exact) mass is 220 g/mol. The van der Waals surface area contributed by atoms with Crippen LogP contribution in [0, 0.1) is 11.3 Å². The van der Waals surface area contributed by atoms with Gasteiger partial charge in [0.15, 0.2) is 11.6 Å². The van der Waals surface area contributed by atoms with Gasteiger partial charge in [0.05, 0.1) is 0 Å². The molecule has 0 aliphatic heterocycles. The van der Waals surface area contributed by atoms with E-state index in [1.54, 1.807) is 6.92 Å². The quantitative estimate of drug-likeness (QED) is 0.685. The van der Waals surface area contributed by atoms with Gasteiger partial charge in [-0.15, -0.1) is 0 Å². The van der Waals surface area contributed by atoms with Crippen LogP contribution in [0.5, 0.6) is 0 Å². The maximum Gasteiger partial charge on any atom is 0.182 e. The largest absolute Gasteiger partial charge is 0.290 e. The lowest BCUT2D eigenvalue weighted by Gasteiger charge is -2.31. The van der Waals surface area contributed by atoms with Crippen molar-refractivity contribution in [2.24, 2.45) is 11.3 Å². The first-order valence-corrected chi connectivity index (χ1v) is 5.74. The lowest BCUT2D eigenvalue weighted by molar-refractivity contribution is -0.116. The van der Waals surface area contributed by atoms with Crippen molar-refractivity contribution in [3.63, 3.8) is 0 Å². The highest BCUT2D eigenvalue weighted by Gasteiger charge is 2.33. The Morgan fingerprint density at radius 1 is 1.12 bits per heavy atom. The molecule has 2 nitrogen and oxygen atoms in total. The number of hydrogen-bond acceptors (Lipinski definition) is 2. The van der Waals surface area contributed by atoms with Crippen LogP contribution < -0.4 is 0 Å². The van der Waals surface area contributed by atoms with Crippen LogP contribution in [0.25, 0.3) is 0 Å². The molecule has 0 bridgehead atoms. The molecule has 0 aromatic heterocycles. The Hall–Kier alpha value is -1.18. The first kappa shape index (κ1) is 12.9. The van der Waals surface area contributed by atoms with E-state index in [2.05, 4.69) is 13.8 Å². The van der Waals surface area contributed by atoms with Crippen molar-refractivity contribution in [3.05, 3.63) is 23.3 Å². The number of ketones is 2. The van der Waals surface area contributed by atoms with E-state index in [4.69, 9.17) is 0 Å². The molecule has 1 rings (SSSR count). The molecule has 0 fully saturated rings. The molecule has 1 aliphatic carbocycles. The van der Waals surface area contributed by atoms with Crippen LogP contribution in [0.1, 0.15) is 41.0 Å². The lowest BCUT2D eigenvalue weighted by atomic mass is 9.72. The minimum Gasteiger partial charge on any atom is -0.290 e. The minimum atomic E-state index is -0.226. The second-order valence-electron chi connectivity index (χ2n) is 5.54. The van der Waals surface area contributed by atoms with Gasteiger partial charge >= 0.3 is 0 Å². The predicted octanol–water partition coefficient (Wildman–Crippen LogP) is 3.08. The second kappa shape index (κ2) is 4.36. The number of carbonyl (C=O) groups excluding carboxylic acids is 2. The normalized spacial score (nSPS) is 17.6. The van der Waals surface area contributed by atoms with Gasteiger partial charge in [-0.2, -0.15) is 0 Å². The Labute approximate surface area is 97.4 Å². The van der Waals surface area contributed by atoms with Crippen molar-refractivity contribution in [1.82, 2.24) is 0 Å². The molecule has 88 valence electrons. The summed E-state index contributed by atoms with van der Waals surface area (Å²) in [6, 6.07) is 0. The molecule has 0 saturated carbocycles. The summed E-state index contributed by atoms with van der Waals surface area (Å²) in [6.45, 7) is 10.1. The number of hydrogen-bond donors (Lipinski definition) is 0. The third-order valence-electron chi connectivity index (χ3n) is 2.97. The molecule has 0 atom stereocenters. The van der Waals surface area contributed by atoms with Crippen LogP contribution in [0.4, 0.5) is 0 Å². The summed E-state index contributed by atoms with van der Waals surface area (Å²) in [4.78, 5) is 23.5. The van der Waals surface area contributed by atoms with Crippen molar-refractivity contribution in [2.45, 2.75) is 41.0 Å². The SMILES string of the molecule is CC1=C(C(C)(C)CC(C)C)C(=O)C=CC1=O. The van der Waals surface area contributed by atoms with E-state index in [1.165, 1.54) is 12.2 Å². The van der Waals surface area contributed by atoms with Gasteiger partial charge in [-0.25, -0.2) is 0 Å². The van der Waals surface area contributed by atoms with Crippen molar-refractivity contribution in [2.75, 3.05) is 0 Å². The van der Waals surface area contributed by atoms with E-state index in [-0.39, 0.29) is 17.0 Å². The van der Waals surface area contributed by atoms with E-state index >= 15 is 0 Å². The molecule has 0 amide bonds. The molecule has 0 spiro atoms. The number of allylic oxidation sites excluding steroid dienone is 4. The standard InChI is InChI=1S/C14H20O2/c1-9(2)8-14(4,5)13-10(3)11(15)6-7-12(13)16/h6-7,9H,8H2,1-5H3. The number of rotatable bonds is 3. The summed E-state index contributed by atoms with van der Waals surface area (Å²) in [5, 5.41) is 0. The molecule has 0 saturated heterocycles. The van der Waals surface area contributed by atoms with Gasteiger partial charge in [0.25, 0.3) is 0 Å². The van der Waals surface area contributed by atoms with Crippen molar-refractivity contribution < 1.29 is 9.59 Å². The van der Waals surface area contributed by atoms with Gasteiger partial charge in [0, 0.05) is 11.1 Å². The topological polar surface area (TPSA) is 34.1 Å². The average Bonchev–Trinajstić information content (AvgIpc) is 2.09. The van der Waals surface area contributed by atoms with Crippen molar-refractivity contribution in [1.29, 1.82) is 0 Å². The molecule has 2 heteroatoms. The van der Waals surface area contributed by atoms with Crippen molar-refractivity contribution >= 4 is 11.6 Å². The third kappa shape index (κ3) is 2.49. The Morgan fingerprint density at radius 3 is 2.12 bits per heavy atom. The zero-order valence-electron chi connectivity index (χ0n) is 10.8. The molecule has 0 N–H and O–H groups in total. The maximum absolute atomic E-state index is 11.9. The van der Waals surface area contributed by atoms with Crippen LogP contribution in [-0.2, 0) is 9.59 Å². The highest BCUT2D eigenvalue weighted by molar-refractivity contribution is 6.20. The zero-order valence-corrected chi connectivity index (χ0v) is 10.8. The molecule has 0 radical (unpaired) electrons. The highest BCUT2D eigenvalue weighted by atomic mass is 16.1. The Morgan fingerprint density at radius 2 is 1.62 bits per heavy atom. The van der Waals surface area contributed by atoms with E-state index < -0.39 is 0 Å². The molecule has 16 heavy (non-hydrogen) atoms. The summed E-state index contributed by atoms with van der Waals surface area (Å²) < 4.78 is 0. The smallest absolute Gasteiger partial charge is 0.182 e. The summed E-state index contributed by atoms with van der Waals surface area (Å²) in [5.74, 6) is 0.457. The first-order valence-electron chi connectivity index (χ1n) is 5.74. The lowest BCUT2D eigenvalue weighted by Crippen LogP contribution is -2.27. The van der Waals surface area contributed by atoms with Crippen LogP contribution in [0.15, 0.2) is 23.3 Å². The number of carbonyl (C=O) groups is 2. The van der Waals surface area contributed by atoms with E-state index in [0.717, 1.165) is 6.42 Å². The molecule has 0 aromatic carbocycles. The van der Waals surface area contributed by atoms with Crippen LogP contribution in [-0.4, -0.2) is 11.6 Å². The minimum absolute atomic E-state index is 0.0113. The second-order valence-corrected chi connectivity index (χ2v) is 5.54. The van der Waals surface area contributed by atoms with Gasteiger partial charge in [-0.3, -0.25) is 9.59 Å². The van der Waals surface area contributed by atoms with Crippen LogP contribution in [0.3, 0.4) is 0 Å². The van der Waals surface area contributed by atoms with Crippen LogP contribution >= 0.6 is 0 Å². The summed E-state index contributed by atoms with van der Waals surface area (Å²) in [5.41, 5.74) is 1.07. The Balaban J connectivity index is 3.14. The Kier molecular flexibility index (Phi) is 3.51. The van der Waals surface area contributed by atoms with Gasteiger partial charge in [0.1, 0.15) is 0 Å². The summed E-state index contributed by atoms with van der Waals surface area (Å²) in [7, 11) is 0. The fourth-order valence-corrected chi connectivity index (χ4v) is 2.63. The van der Waals surface area contributed by atoms with Gasteiger partial charge < -0.3 is 0 Å². The van der Waals surface area contributed by atoms with Crippen molar-refractivity contribution in [3.8, 4) is 0 Å². The zero-order chi connectivity index (χ0) is 12.5. The average molecular weight is 220 g/mol. The molecule has 0 heterocycles. The summed E-state index contributed by atoms with van der Waals surface area (Å²) >= 11 is 0. The fourth-order valence-electron chi connectivity index (χ4n) is 2.63. The molecular formula is C14H20O2.